The Morgan fingerprint density at radius 2 is 1.88 bits per heavy atom. The van der Waals surface area contributed by atoms with E-state index in [9.17, 15) is 4.39 Å². The predicted octanol–water partition coefficient (Wildman–Crippen LogP) is 3.72. The Hall–Kier alpha value is -1.64. The lowest BCUT2D eigenvalue weighted by Crippen LogP contribution is -1.90. The third-order valence-electron chi connectivity index (χ3n) is 2.08. The van der Waals surface area contributed by atoms with Crippen molar-refractivity contribution in [1.29, 1.82) is 0 Å². The third kappa shape index (κ3) is 2.48. The normalized spacial score (nSPS) is 9.56. The molecule has 0 N–H and O–H groups in total. The van der Waals surface area contributed by atoms with Gasteiger partial charge in [0.05, 0.1) is 12.6 Å². The first-order valence-electron chi connectivity index (χ1n) is 5.31. The molecule has 0 saturated carbocycles. The van der Waals surface area contributed by atoms with E-state index in [0.29, 0.717) is 11.1 Å². The summed E-state index contributed by atoms with van der Waals surface area (Å²) >= 11 is 0. The summed E-state index contributed by atoms with van der Waals surface area (Å²) in [4.78, 5) is 4.28. The highest BCUT2D eigenvalue weighted by Crippen LogP contribution is 2.25. The van der Waals surface area contributed by atoms with Gasteiger partial charge in [0, 0.05) is 17.1 Å². The van der Waals surface area contributed by atoms with Crippen molar-refractivity contribution in [2.45, 2.75) is 20.8 Å². The molecule has 1 heterocycles. The van der Waals surface area contributed by atoms with Crippen molar-refractivity contribution in [3.8, 4) is 5.75 Å². The van der Waals surface area contributed by atoms with Crippen LogP contribution < -0.4 is 4.74 Å². The summed E-state index contributed by atoms with van der Waals surface area (Å²) in [7, 11) is 1.57. The number of pyridine rings is 1. The van der Waals surface area contributed by atoms with Gasteiger partial charge in [-0.15, -0.1) is 0 Å². The second-order valence-corrected chi connectivity index (χ2v) is 3.13. The first-order chi connectivity index (χ1) is 7.70. The molecule has 86 valence electrons. The van der Waals surface area contributed by atoms with E-state index in [1.165, 1.54) is 12.1 Å². The Labute approximate surface area is 95.1 Å². The zero-order valence-electron chi connectivity index (χ0n) is 10.0. The number of aromatic nitrogens is 1. The predicted molar refractivity (Wildman–Crippen MR) is 64.3 cm³/mol. The van der Waals surface area contributed by atoms with Crippen LogP contribution in [-0.4, -0.2) is 12.1 Å². The minimum atomic E-state index is -0.276. The Balaban J connectivity index is 0.000000606. The Morgan fingerprint density at radius 1 is 1.19 bits per heavy atom. The summed E-state index contributed by atoms with van der Waals surface area (Å²) in [6, 6.07) is 6.27. The van der Waals surface area contributed by atoms with Gasteiger partial charge in [0.25, 0.3) is 0 Å². The van der Waals surface area contributed by atoms with Gasteiger partial charge < -0.3 is 4.74 Å². The first kappa shape index (κ1) is 12.4. The minimum absolute atomic E-state index is 0.276. The van der Waals surface area contributed by atoms with Crippen LogP contribution in [0.3, 0.4) is 0 Å². The first-order valence-corrected chi connectivity index (χ1v) is 5.31. The molecule has 3 heteroatoms. The number of rotatable bonds is 1. The minimum Gasteiger partial charge on any atom is -0.496 e. The highest BCUT2D eigenvalue weighted by molar-refractivity contribution is 5.85. The summed E-state index contributed by atoms with van der Waals surface area (Å²) < 4.78 is 18.1. The fraction of sp³-hybridized carbons (Fsp3) is 0.308. The number of fused-ring (bicyclic) bond motifs is 1. The van der Waals surface area contributed by atoms with Gasteiger partial charge in [0.1, 0.15) is 11.6 Å². The molecule has 0 spiro atoms. The van der Waals surface area contributed by atoms with Crippen molar-refractivity contribution in [1.82, 2.24) is 4.98 Å². The van der Waals surface area contributed by atoms with Crippen LogP contribution in [0.15, 0.2) is 24.3 Å². The number of benzene rings is 1. The number of nitrogens with zero attached hydrogens (tertiary/aromatic N) is 1. The van der Waals surface area contributed by atoms with E-state index in [2.05, 4.69) is 4.98 Å². The monoisotopic (exact) mass is 221 g/mol. The maximum absolute atomic E-state index is 13.0. The van der Waals surface area contributed by atoms with Gasteiger partial charge in [0.15, 0.2) is 0 Å². The molecule has 0 aliphatic heterocycles. The Bertz CT molecular complexity index is 483. The van der Waals surface area contributed by atoms with E-state index >= 15 is 0 Å². The molecule has 0 saturated heterocycles. The van der Waals surface area contributed by atoms with Crippen molar-refractivity contribution >= 4 is 10.9 Å². The molecule has 0 atom stereocenters. The fourth-order valence-corrected chi connectivity index (χ4v) is 1.46. The molecule has 0 aliphatic carbocycles. The maximum Gasteiger partial charge on any atom is 0.130 e. The highest BCUT2D eigenvalue weighted by Gasteiger charge is 2.04. The molecule has 0 radical (unpaired) electrons. The van der Waals surface area contributed by atoms with Gasteiger partial charge in [-0.3, -0.25) is 4.98 Å². The molecule has 2 aromatic rings. The van der Waals surface area contributed by atoms with E-state index < -0.39 is 0 Å². The van der Waals surface area contributed by atoms with Crippen LogP contribution in [0.5, 0.6) is 5.75 Å². The van der Waals surface area contributed by atoms with E-state index in [0.717, 1.165) is 11.2 Å². The standard InChI is InChI=1S/C11H10FNO.C2H6/c1-7-5-11(14-2)9-6-8(12)3-4-10(9)13-7;1-2/h3-6H,1-2H3;1-2H3. The fourth-order valence-electron chi connectivity index (χ4n) is 1.46. The molecule has 0 bridgehead atoms. The van der Waals surface area contributed by atoms with Gasteiger partial charge in [-0.1, -0.05) is 13.8 Å². The van der Waals surface area contributed by atoms with E-state index in [1.807, 2.05) is 20.8 Å². The van der Waals surface area contributed by atoms with Crippen molar-refractivity contribution in [3.05, 3.63) is 35.8 Å². The van der Waals surface area contributed by atoms with Crippen LogP contribution in [0.25, 0.3) is 10.9 Å². The molecule has 16 heavy (non-hydrogen) atoms. The smallest absolute Gasteiger partial charge is 0.130 e. The van der Waals surface area contributed by atoms with Crippen LogP contribution in [0, 0.1) is 12.7 Å². The van der Waals surface area contributed by atoms with Gasteiger partial charge in [-0.2, -0.15) is 0 Å². The van der Waals surface area contributed by atoms with Crippen molar-refractivity contribution in [2.24, 2.45) is 0 Å². The van der Waals surface area contributed by atoms with E-state index in [1.54, 1.807) is 19.2 Å². The van der Waals surface area contributed by atoms with Crippen LogP contribution in [-0.2, 0) is 0 Å². The molecule has 2 rings (SSSR count). The summed E-state index contributed by atoms with van der Waals surface area (Å²) in [5, 5.41) is 0.707. The second kappa shape index (κ2) is 5.45. The quantitative estimate of drug-likeness (QED) is 0.732. The average molecular weight is 221 g/mol. The lowest BCUT2D eigenvalue weighted by molar-refractivity contribution is 0.419. The van der Waals surface area contributed by atoms with Crippen LogP contribution in [0.2, 0.25) is 0 Å². The molecule has 2 nitrogen and oxygen atoms in total. The number of hydrogen-bond acceptors (Lipinski definition) is 2. The molecular weight excluding hydrogens is 205 g/mol. The molecule has 0 fully saturated rings. The molecule has 1 aromatic heterocycles. The van der Waals surface area contributed by atoms with Crippen molar-refractivity contribution in [3.63, 3.8) is 0 Å². The Morgan fingerprint density at radius 3 is 2.50 bits per heavy atom. The average Bonchev–Trinajstić information content (AvgIpc) is 2.31. The summed E-state index contributed by atoms with van der Waals surface area (Å²) in [6.45, 7) is 5.88. The summed E-state index contributed by atoms with van der Waals surface area (Å²) in [5.74, 6) is 0.383. The zero-order chi connectivity index (χ0) is 12.1. The number of hydrogen-bond donors (Lipinski definition) is 0. The third-order valence-corrected chi connectivity index (χ3v) is 2.08. The highest BCUT2D eigenvalue weighted by atomic mass is 19.1. The second-order valence-electron chi connectivity index (χ2n) is 3.13. The zero-order valence-corrected chi connectivity index (χ0v) is 10.0. The number of halogens is 1. The molecular formula is C13H16FNO. The molecule has 0 aliphatic rings. The van der Waals surface area contributed by atoms with E-state index in [-0.39, 0.29) is 5.82 Å². The number of aryl methyl sites for hydroxylation is 1. The number of methoxy groups -OCH3 is 1. The summed E-state index contributed by atoms with van der Waals surface area (Å²) in [6.07, 6.45) is 0. The van der Waals surface area contributed by atoms with Gasteiger partial charge in [-0.25, -0.2) is 4.39 Å². The van der Waals surface area contributed by atoms with Gasteiger partial charge in [-0.05, 0) is 25.1 Å². The topological polar surface area (TPSA) is 22.1 Å². The molecule has 0 amide bonds. The lowest BCUT2D eigenvalue weighted by atomic mass is 10.2. The number of ether oxygens (including phenoxy) is 1. The van der Waals surface area contributed by atoms with Gasteiger partial charge >= 0.3 is 0 Å². The van der Waals surface area contributed by atoms with Crippen LogP contribution in [0.1, 0.15) is 19.5 Å². The molecule has 1 aromatic carbocycles. The van der Waals surface area contributed by atoms with E-state index in [4.69, 9.17) is 4.74 Å². The van der Waals surface area contributed by atoms with Crippen LogP contribution >= 0.6 is 0 Å². The summed E-state index contributed by atoms with van der Waals surface area (Å²) in [5.41, 5.74) is 1.62. The van der Waals surface area contributed by atoms with Crippen molar-refractivity contribution < 1.29 is 9.13 Å². The Kier molecular flexibility index (Phi) is 4.23. The maximum atomic E-state index is 13.0. The SMILES string of the molecule is CC.COc1cc(C)nc2ccc(F)cc12. The molecule has 0 unspecified atom stereocenters. The van der Waals surface area contributed by atoms with Crippen LogP contribution in [0.4, 0.5) is 4.39 Å². The lowest BCUT2D eigenvalue weighted by Gasteiger charge is -2.05. The largest absolute Gasteiger partial charge is 0.496 e. The van der Waals surface area contributed by atoms with Gasteiger partial charge in [0.2, 0.25) is 0 Å². The van der Waals surface area contributed by atoms with Crippen molar-refractivity contribution in [2.75, 3.05) is 7.11 Å².